The molecule has 0 N–H and O–H groups in total. The normalized spacial score (nSPS) is 24.9. The summed E-state index contributed by atoms with van der Waals surface area (Å²) in [5.41, 5.74) is 0. The van der Waals surface area contributed by atoms with Gasteiger partial charge in [-0.3, -0.25) is 0 Å². The number of hydrogen-bond acceptors (Lipinski definition) is 5. The van der Waals surface area contributed by atoms with Crippen molar-refractivity contribution in [1.82, 2.24) is 14.9 Å². The van der Waals surface area contributed by atoms with E-state index in [-0.39, 0.29) is 6.10 Å². The predicted octanol–water partition coefficient (Wildman–Crippen LogP) is 2.15. The van der Waals surface area contributed by atoms with Gasteiger partial charge < -0.3 is 14.4 Å². The molecule has 3 rings (SSSR count). The molecule has 1 aromatic heterocycles. The molecule has 2 saturated heterocycles. The SMILES string of the molecule is Clc1cnc(OC2CCN(CC3CCCO3)CC2)nc1. The van der Waals surface area contributed by atoms with Gasteiger partial charge in [0.25, 0.3) is 0 Å². The van der Waals surface area contributed by atoms with Crippen molar-refractivity contribution in [1.29, 1.82) is 0 Å². The molecule has 0 bridgehead atoms. The largest absolute Gasteiger partial charge is 0.460 e. The van der Waals surface area contributed by atoms with E-state index in [1.807, 2.05) is 0 Å². The monoisotopic (exact) mass is 297 g/mol. The molecule has 0 saturated carbocycles. The van der Waals surface area contributed by atoms with Gasteiger partial charge in [-0.05, 0) is 25.7 Å². The molecule has 20 heavy (non-hydrogen) atoms. The van der Waals surface area contributed by atoms with Crippen molar-refractivity contribution in [2.75, 3.05) is 26.2 Å². The minimum absolute atomic E-state index is 0.205. The van der Waals surface area contributed by atoms with E-state index in [2.05, 4.69) is 14.9 Å². The van der Waals surface area contributed by atoms with Crippen LogP contribution in [-0.4, -0.2) is 53.3 Å². The van der Waals surface area contributed by atoms with Gasteiger partial charge in [0.05, 0.1) is 23.5 Å². The second kappa shape index (κ2) is 6.70. The summed E-state index contributed by atoms with van der Waals surface area (Å²) in [6.45, 7) is 4.10. The number of rotatable bonds is 4. The minimum atomic E-state index is 0.205. The van der Waals surface area contributed by atoms with Crippen LogP contribution in [0.1, 0.15) is 25.7 Å². The molecule has 0 aliphatic carbocycles. The molecule has 6 heteroatoms. The molecule has 5 nitrogen and oxygen atoms in total. The first-order chi connectivity index (χ1) is 9.79. The Morgan fingerprint density at radius 3 is 2.65 bits per heavy atom. The molecule has 2 aliphatic rings. The smallest absolute Gasteiger partial charge is 0.316 e. The summed E-state index contributed by atoms with van der Waals surface area (Å²) in [6.07, 6.45) is 8.21. The number of halogens is 1. The van der Waals surface area contributed by atoms with Gasteiger partial charge in [-0.15, -0.1) is 0 Å². The lowest BCUT2D eigenvalue weighted by Gasteiger charge is -2.32. The van der Waals surface area contributed by atoms with Crippen molar-refractivity contribution < 1.29 is 9.47 Å². The van der Waals surface area contributed by atoms with Crippen molar-refractivity contribution in [3.8, 4) is 6.01 Å². The summed E-state index contributed by atoms with van der Waals surface area (Å²) in [5, 5.41) is 0.531. The van der Waals surface area contributed by atoms with Crippen LogP contribution in [0.4, 0.5) is 0 Å². The average Bonchev–Trinajstić information content (AvgIpc) is 2.96. The molecule has 0 aromatic carbocycles. The summed E-state index contributed by atoms with van der Waals surface area (Å²) in [6, 6.07) is 0.423. The van der Waals surface area contributed by atoms with Crippen LogP contribution in [0.15, 0.2) is 12.4 Å². The summed E-state index contributed by atoms with van der Waals surface area (Å²) in [5.74, 6) is 0. The van der Waals surface area contributed by atoms with E-state index in [1.54, 1.807) is 12.4 Å². The fraction of sp³-hybridized carbons (Fsp3) is 0.714. The van der Waals surface area contributed by atoms with Gasteiger partial charge in [0.1, 0.15) is 6.10 Å². The lowest BCUT2D eigenvalue weighted by molar-refractivity contribution is 0.0417. The molecule has 0 amide bonds. The first-order valence-electron chi connectivity index (χ1n) is 7.28. The Balaban J connectivity index is 1.42. The van der Waals surface area contributed by atoms with Crippen molar-refractivity contribution >= 4 is 11.6 Å². The van der Waals surface area contributed by atoms with Crippen LogP contribution in [0.5, 0.6) is 6.01 Å². The highest BCUT2D eigenvalue weighted by Crippen LogP contribution is 2.19. The fourth-order valence-electron chi connectivity index (χ4n) is 2.80. The van der Waals surface area contributed by atoms with Crippen LogP contribution in [0.2, 0.25) is 5.02 Å². The maximum absolute atomic E-state index is 5.79. The van der Waals surface area contributed by atoms with Crippen molar-refractivity contribution in [3.63, 3.8) is 0 Å². The van der Waals surface area contributed by atoms with Gasteiger partial charge in [0.2, 0.25) is 0 Å². The van der Waals surface area contributed by atoms with Gasteiger partial charge in [-0.1, -0.05) is 11.6 Å². The van der Waals surface area contributed by atoms with E-state index in [0.29, 0.717) is 17.1 Å². The molecule has 1 unspecified atom stereocenters. The Bertz CT molecular complexity index is 415. The summed E-state index contributed by atoms with van der Waals surface area (Å²) in [7, 11) is 0. The van der Waals surface area contributed by atoms with Gasteiger partial charge >= 0.3 is 6.01 Å². The zero-order valence-electron chi connectivity index (χ0n) is 11.5. The number of aromatic nitrogens is 2. The maximum Gasteiger partial charge on any atom is 0.316 e. The highest BCUT2D eigenvalue weighted by atomic mass is 35.5. The Kier molecular flexibility index (Phi) is 4.70. The van der Waals surface area contributed by atoms with Crippen molar-refractivity contribution in [2.24, 2.45) is 0 Å². The quantitative estimate of drug-likeness (QED) is 0.852. The zero-order chi connectivity index (χ0) is 13.8. The van der Waals surface area contributed by atoms with E-state index >= 15 is 0 Å². The molecule has 3 heterocycles. The summed E-state index contributed by atoms with van der Waals surface area (Å²) in [4.78, 5) is 10.6. The van der Waals surface area contributed by atoms with E-state index < -0.39 is 0 Å². The molecule has 0 radical (unpaired) electrons. The summed E-state index contributed by atoms with van der Waals surface area (Å²) < 4.78 is 11.5. The van der Waals surface area contributed by atoms with E-state index in [1.165, 1.54) is 12.8 Å². The van der Waals surface area contributed by atoms with Crippen LogP contribution in [0.3, 0.4) is 0 Å². The van der Waals surface area contributed by atoms with Crippen LogP contribution >= 0.6 is 11.6 Å². The zero-order valence-corrected chi connectivity index (χ0v) is 12.3. The van der Waals surface area contributed by atoms with Gasteiger partial charge in [-0.2, -0.15) is 0 Å². The second-order valence-corrected chi connectivity index (χ2v) is 5.87. The van der Waals surface area contributed by atoms with E-state index in [4.69, 9.17) is 21.1 Å². The van der Waals surface area contributed by atoms with Crippen LogP contribution in [0.25, 0.3) is 0 Å². The van der Waals surface area contributed by atoms with Crippen molar-refractivity contribution in [2.45, 2.75) is 37.9 Å². The third-order valence-corrected chi connectivity index (χ3v) is 4.08. The standard InChI is InChI=1S/C14H20ClN3O2/c15-11-8-16-14(17-9-11)20-12-3-5-18(6-4-12)10-13-2-1-7-19-13/h8-9,12-13H,1-7,10H2. The molecule has 2 aliphatic heterocycles. The fourth-order valence-corrected chi connectivity index (χ4v) is 2.89. The summed E-state index contributed by atoms with van der Waals surface area (Å²) >= 11 is 5.76. The highest BCUT2D eigenvalue weighted by molar-refractivity contribution is 6.30. The molecular weight excluding hydrogens is 278 g/mol. The molecule has 0 spiro atoms. The van der Waals surface area contributed by atoms with Crippen LogP contribution in [-0.2, 0) is 4.74 Å². The van der Waals surface area contributed by atoms with Gasteiger partial charge in [-0.25, -0.2) is 9.97 Å². The van der Waals surface area contributed by atoms with E-state index in [0.717, 1.165) is 39.1 Å². The van der Waals surface area contributed by atoms with Gasteiger partial charge in [0, 0.05) is 26.2 Å². The average molecular weight is 298 g/mol. The minimum Gasteiger partial charge on any atom is -0.460 e. The predicted molar refractivity (Wildman–Crippen MR) is 76.1 cm³/mol. The first kappa shape index (κ1) is 14.0. The number of nitrogens with zero attached hydrogens (tertiary/aromatic N) is 3. The molecule has 1 atom stereocenters. The van der Waals surface area contributed by atoms with Crippen LogP contribution in [0, 0.1) is 0 Å². The third kappa shape index (κ3) is 3.81. The Hall–Kier alpha value is -0.910. The van der Waals surface area contributed by atoms with Crippen LogP contribution < -0.4 is 4.74 Å². The van der Waals surface area contributed by atoms with E-state index in [9.17, 15) is 0 Å². The van der Waals surface area contributed by atoms with Gasteiger partial charge in [0.15, 0.2) is 0 Å². The van der Waals surface area contributed by atoms with Crippen molar-refractivity contribution in [3.05, 3.63) is 17.4 Å². The Morgan fingerprint density at radius 1 is 1.25 bits per heavy atom. The lowest BCUT2D eigenvalue weighted by Crippen LogP contribution is -2.41. The molecule has 1 aromatic rings. The lowest BCUT2D eigenvalue weighted by atomic mass is 10.1. The molecular formula is C14H20ClN3O2. The number of likely N-dealkylation sites (tertiary alicyclic amines) is 1. The Morgan fingerprint density at radius 2 is 2.00 bits per heavy atom. The maximum atomic E-state index is 5.79. The molecule has 2 fully saturated rings. The topological polar surface area (TPSA) is 47.5 Å². The number of piperidine rings is 1. The number of hydrogen-bond donors (Lipinski definition) is 0. The first-order valence-corrected chi connectivity index (χ1v) is 7.65. The Labute approximate surface area is 124 Å². The number of ether oxygens (including phenoxy) is 2. The molecule has 110 valence electrons. The highest BCUT2D eigenvalue weighted by Gasteiger charge is 2.25. The second-order valence-electron chi connectivity index (χ2n) is 5.44. The third-order valence-electron chi connectivity index (χ3n) is 3.89.